The minimum absolute atomic E-state index is 0.0497. The number of amides is 1. The lowest BCUT2D eigenvalue weighted by Crippen LogP contribution is -2.92. The fourth-order valence-electron chi connectivity index (χ4n) is 3.11. The van der Waals surface area contributed by atoms with Crippen LogP contribution in [0.1, 0.15) is 23.4 Å². The van der Waals surface area contributed by atoms with Crippen LogP contribution in [0.25, 0.3) is 0 Å². The molecule has 138 valence electrons. The molecule has 0 aliphatic carbocycles. The zero-order valence-corrected chi connectivity index (χ0v) is 15.7. The molecule has 1 aromatic heterocycles. The van der Waals surface area contributed by atoms with Crippen molar-refractivity contribution in [2.75, 3.05) is 12.1 Å². The number of nitrogens with one attached hydrogen (secondary N) is 1. The van der Waals surface area contributed by atoms with Gasteiger partial charge in [0.1, 0.15) is 6.04 Å². The molecule has 1 aliphatic heterocycles. The van der Waals surface area contributed by atoms with E-state index in [9.17, 15) is 4.79 Å². The summed E-state index contributed by atoms with van der Waals surface area (Å²) in [5.41, 5.74) is 1.89. The summed E-state index contributed by atoms with van der Waals surface area (Å²) in [5, 5.41) is 7.14. The van der Waals surface area contributed by atoms with E-state index in [0.29, 0.717) is 17.2 Å². The van der Waals surface area contributed by atoms with Crippen molar-refractivity contribution in [1.82, 2.24) is 0 Å². The van der Waals surface area contributed by atoms with Crippen molar-refractivity contribution in [2.45, 2.75) is 19.0 Å². The molecule has 0 bridgehead atoms. The second kappa shape index (κ2) is 7.82. The Morgan fingerprint density at radius 2 is 1.89 bits per heavy atom. The van der Waals surface area contributed by atoms with Crippen molar-refractivity contribution in [3.8, 4) is 11.5 Å². The van der Waals surface area contributed by atoms with E-state index in [2.05, 4.69) is 34.2 Å². The first kappa shape index (κ1) is 17.6. The van der Waals surface area contributed by atoms with Gasteiger partial charge >= 0.3 is 0 Å². The summed E-state index contributed by atoms with van der Waals surface area (Å²) in [4.78, 5) is 14.0. The van der Waals surface area contributed by atoms with Gasteiger partial charge in [-0.05, 0) is 30.5 Å². The Labute approximate surface area is 161 Å². The van der Waals surface area contributed by atoms with Gasteiger partial charge in [0.25, 0.3) is 5.91 Å². The van der Waals surface area contributed by atoms with E-state index in [1.807, 2.05) is 43.3 Å². The summed E-state index contributed by atoms with van der Waals surface area (Å²) in [7, 11) is 0. The summed E-state index contributed by atoms with van der Waals surface area (Å²) in [6.07, 6.45) is 0. The molecule has 27 heavy (non-hydrogen) atoms. The molecule has 2 atom stereocenters. The highest BCUT2D eigenvalue weighted by molar-refractivity contribution is 7.10. The standard InChI is InChI=1S/C21H20N2O3S/c1-14(21(24)23-16-9-10-17-18(12-16)26-13-25-17)22-20(19-8-5-11-27-19)15-6-3-2-4-7-15/h2-12,14,20,22H,13H2,1H3,(H,23,24)/p+1/t14-,20+/m1/s1. The number of hydrogen-bond acceptors (Lipinski definition) is 4. The van der Waals surface area contributed by atoms with Gasteiger partial charge in [-0.25, -0.2) is 0 Å². The van der Waals surface area contributed by atoms with Crippen molar-refractivity contribution in [2.24, 2.45) is 0 Å². The highest BCUT2D eigenvalue weighted by Crippen LogP contribution is 2.34. The maximum Gasteiger partial charge on any atom is 0.282 e. The maximum atomic E-state index is 12.7. The van der Waals surface area contributed by atoms with Crippen LogP contribution in [0.2, 0.25) is 0 Å². The van der Waals surface area contributed by atoms with Crippen LogP contribution in [0.5, 0.6) is 11.5 Å². The van der Waals surface area contributed by atoms with Crippen LogP contribution in [0, 0.1) is 0 Å². The third-order valence-electron chi connectivity index (χ3n) is 4.54. The largest absolute Gasteiger partial charge is 0.454 e. The molecule has 3 aromatic rings. The van der Waals surface area contributed by atoms with E-state index in [4.69, 9.17) is 9.47 Å². The Balaban J connectivity index is 1.47. The van der Waals surface area contributed by atoms with Crippen LogP contribution in [0.4, 0.5) is 5.69 Å². The minimum Gasteiger partial charge on any atom is -0.454 e. The van der Waals surface area contributed by atoms with Gasteiger partial charge in [-0.15, -0.1) is 11.3 Å². The van der Waals surface area contributed by atoms with E-state index in [-0.39, 0.29) is 24.8 Å². The van der Waals surface area contributed by atoms with Crippen LogP contribution in [-0.2, 0) is 4.79 Å². The van der Waals surface area contributed by atoms with E-state index in [1.165, 1.54) is 10.4 Å². The monoisotopic (exact) mass is 381 g/mol. The first-order valence-electron chi connectivity index (χ1n) is 8.84. The Kier molecular flexibility index (Phi) is 5.09. The average Bonchev–Trinajstić information content (AvgIpc) is 3.38. The van der Waals surface area contributed by atoms with Gasteiger partial charge in [0.2, 0.25) is 6.79 Å². The van der Waals surface area contributed by atoms with E-state index in [1.54, 1.807) is 17.4 Å². The molecule has 1 aliphatic rings. The number of thiophene rings is 1. The Bertz CT molecular complexity index is 912. The first-order chi connectivity index (χ1) is 13.2. The fourth-order valence-corrected chi connectivity index (χ4v) is 3.94. The second-order valence-electron chi connectivity index (χ2n) is 6.44. The molecule has 0 saturated carbocycles. The minimum atomic E-state index is -0.261. The van der Waals surface area contributed by atoms with Crippen molar-refractivity contribution in [3.63, 3.8) is 0 Å². The molecular formula is C21H21N2O3S+. The van der Waals surface area contributed by atoms with Gasteiger partial charge in [-0.1, -0.05) is 36.4 Å². The molecule has 2 aromatic carbocycles. The van der Waals surface area contributed by atoms with Crippen molar-refractivity contribution in [3.05, 3.63) is 76.5 Å². The molecule has 0 unspecified atom stereocenters. The number of nitrogens with two attached hydrogens (primary N) is 1. The van der Waals surface area contributed by atoms with Crippen LogP contribution < -0.4 is 20.1 Å². The molecule has 1 amide bonds. The molecule has 0 saturated heterocycles. The predicted molar refractivity (Wildman–Crippen MR) is 105 cm³/mol. The predicted octanol–water partition coefficient (Wildman–Crippen LogP) is 3.16. The fraction of sp³-hybridized carbons (Fsp3) is 0.190. The Morgan fingerprint density at radius 1 is 1.07 bits per heavy atom. The Morgan fingerprint density at radius 3 is 2.67 bits per heavy atom. The number of carbonyl (C=O) groups excluding carboxylic acids is 1. The van der Waals surface area contributed by atoms with Crippen LogP contribution in [-0.4, -0.2) is 18.7 Å². The lowest BCUT2D eigenvalue weighted by molar-refractivity contribution is -0.703. The van der Waals surface area contributed by atoms with Gasteiger partial charge in [0, 0.05) is 17.3 Å². The SMILES string of the molecule is C[C@@H]([NH2+][C@@H](c1ccccc1)c1cccs1)C(=O)Nc1ccc2c(c1)OCO2. The van der Waals surface area contributed by atoms with Gasteiger partial charge in [-0.2, -0.15) is 0 Å². The lowest BCUT2D eigenvalue weighted by Gasteiger charge is -2.19. The maximum absolute atomic E-state index is 12.7. The van der Waals surface area contributed by atoms with Crippen LogP contribution >= 0.6 is 11.3 Å². The Hall–Kier alpha value is -2.83. The summed E-state index contributed by atoms with van der Waals surface area (Å²) in [6.45, 7) is 2.14. The molecule has 0 fully saturated rings. The van der Waals surface area contributed by atoms with Gasteiger partial charge < -0.3 is 20.1 Å². The first-order valence-corrected chi connectivity index (χ1v) is 9.72. The lowest BCUT2D eigenvalue weighted by atomic mass is 10.0. The van der Waals surface area contributed by atoms with Crippen molar-refractivity contribution in [1.29, 1.82) is 0 Å². The van der Waals surface area contributed by atoms with Crippen LogP contribution in [0.3, 0.4) is 0 Å². The third kappa shape index (κ3) is 3.97. The van der Waals surface area contributed by atoms with Gasteiger partial charge in [0.15, 0.2) is 17.5 Å². The number of rotatable bonds is 6. The van der Waals surface area contributed by atoms with E-state index >= 15 is 0 Å². The summed E-state index contributed by atoms with van der Waals surface area (Å²) in [6, 6.07) is 19.7. The molecule has 5 nitrogen and oxygen atoms in total. The van der Waals surface area contributed by atoms with Crippen molar-refractivity contribution < 1.29 is 19.6 Å². The quantitative estimate of drug-likeness (QED) is 0.689. The average molecular weight is 381 g/mol. The topological polar surface area (TPSA) is 64.2 Å². The van der Waals surface area contributed by atoms with E-state index < -0.39 is 0 Å². The normalized spacial score (nSPS) is 14.6. The highest BCUT2D eigenvalue weighted by Gasteiger charge is 2.26. The molecule has 6 heteroatoms. The third-order valence-corrected chi connectivity index (χ3v) is 5.50. The van der Waals surface area contributed by atoms with Crippen LogP contribution in [0.15, 0.2) is 66.0 Å². The zero-order chi connectivity index (χ0) is 18.6. The second-order valence-corrected chi connectivity index (χ2v) is 7.42. The number of quaternary nitrogens is 1. The number of fused-ring (bicyclic) bond motifs is 1. The molecule has 0 spiro atoms. The number of hydrogen-bond donors (Lipinski definition) is 2. The molecule has 0 radical (unpaired) electrons. The number of anilines is 1. The molecular weight excluding hydrogens is 360 g/mol. The van der Waals surface area contributed by atoms with Gasteiger partial charge in [-0.3, -0.25) is 4.79 Å². The molecule has 3 N–H and O–H groups in total. The summed E-state index contributed by atoms with van der Waals surface area (Å²) in [5.74, 6) is 1.31. The highest BCUT2D eigenvalue weighted by atomic mass is 32.1. The summed E-state index contributed by atoms with van der Waals surface area (Å²) < 4.78 is 10.7. The smallest absolute Gasteiger partial charge is 0.282 e. The summed E-state index contributed by atoms with van der Waals surface area (Å²) >= 11 is 1.70. The van der Waals surface area contributed by atoms with Crippen molar-refractivity contribution >= 4 is 22.9 Å². The number of benzene rings is 2. The zero-order valence-electron chi connectivity index (χ0n) is 14.9. The van der Waals surface area contributed by atoms with Gasteiger partial charge in [0.05, 0.1) is 4.88 Å². The molecule has 4 rings (SSSR count). The van der Waals surface area contributed by atoms with E-state index in [0.717, 1.165) is 0 Å². The number of ether oxygens (including phenoxy) is 2. The molecule has 2 heterocycles. The number of carbonyl (C=O) groups is 1.